The molecule has 1 heterocycles. The predicted octanol–water partition coefficient (Wildman–Crippen LogP) is 3.03. The molecule has 2 unspecified atom stereocenters. The van der Waals surface area contributed by atoms with Gasteiger partial charge in [-0.1, -0.05) is 24.3 Å². The highest BCUT2D eigenvalue weighted by molar-refractivity contribution is 5.76. The van der Waals surface area contributed by atoms with Crippen LogP contribution in [0.5, 0.6) is 11.5 Å². The van der Waals surface area contributed by atoms with Gasteiger partial charge in [-0.3, -0.25) is 4.79 Å². The SMILES string of the molecule is CCN(CC1COc2ccccc2O1)C(=O)CC1C=CCC1. The largest absolute Gasteiger partial charge is 0.486 e. The molecule has 0 bridgehead atoms. The number of nitrogens with zero attached hydrogens (tertiary/aromatic N) is 1. The van der Waals surface area contributed by atoms with E-state index in [9.17, 15) is 4.79 Å². The number of ether oxygens (including phenoxy) is 2. The molecule has 2 atom stereocenters. The first-order valence-corrected chi connectivity index (χ1v) is 8.09. The molecule has 1 aliphatic carbocycles. The second-order valence-electron chi connectivity index (χ2n) is 5.90. The Bertz CT molecular complexity index is 555. The highest BCUT2D eigenvalue weighted by atomic mass is 16.6. The van der Waals surface area contributed by atoms with E-state index < -0.39 is 0 Å². The monoisotopic (exact) mass is 301 g/mol. The number of rotatable bonds is 5. The lowest BCUT2D eigenvalue weighted by Crippen LogP contribution is -2.43. The molecule has 0 N–H and O–H groups in total. The fourth-order valence-corrected chi connectivity index (χ4v) is 3.02. The molecule has 1 amide bonds. The van der Waals surface area contributed by atoms with Gasteiger partial charge in [0.15, 0.2) is 17.6 Å². The zero-order valence-corrected chi connectivity index (χ0v) is 13.0. The van der Waals surface area contributed by atoms with Crippen molar-refractivity contribution in [2.75, 3.05) is 19.7 Å². The van der Waals surface area contributed by atoms with Crippen molar-refractivity contribution in [3.8, 4) is 11.5 Å². The van der Waals surface area contributed by atoms with Gasteiger partial charge < -0.3 is 14.4 Å². The summed E-state index contributed by atoms with van der Waals surface area (Å²) in [6.45, 7) is 3.79. The van der Waals surface area contributed by atoms with E-state index in [0.717, 1.165) is 24.3 Å². The Hall–Kier alpha value is -1.97. The fourth-order valence-electron chi connectivity index (χ4n) is 3.02. The molecule has 118 valence electrons. The lowest BCUT2D eigenvalue weighted by atomic mass is 10.0. The normalized spacial score (nSPS) is 22.6. The highest BCUT2D eigenvalue weighted by Crippen LogP contribution is 2.31. The summed E-state index contributed by atoms with van der Waals surface area (Å²) >= 11 is 0. The molecule has 0 saturated heterocycles. The summed E-state index contributed by atoms with van der Waals surface area (Å²) in [5, 5.41) is 0. The third-order valence-electron chi connectivity index (χ3n) is 4.28. The van der Waals surface area contributed by atoms with Crippen LogP contribution in [0.15, 0.2) is 36.4 Å². The number of hydrogen-bond donors (Lipinski definition) is 0. The number of carbonyl (C=O) groups excluding carboxylic acids is 1. The Balaban J connectivity index is 1.56. The molecular weight excluding hydrogens is 278 g/mol. The minimum atomic E-state index is -0.0991. The number of amides is 1. The van der Waals surface area contributed by atoms with Crippen LogP contribution in [0.1, 0.15) is 26.2 Å². The first kappa shape index (κ1) is 14.9. The number of fused-ring (bicyclic) bond motifs is 1. The molecule has 0 radical (unpaired) electrons. The van der Waals surface area contributed by atoms with Crippen LogP contribution < -0.4 is 9.47 Å². The molecule has 0 aromatic heterocycles. The van der Waals surface area contributed by atoms with Crippen molar-refractivity contribution in [2.45, 2.75) is 32.3 Å². The van der Waals surface area contributed by atoms with Crippen molar-refractivity contribution in [3.05, 3.63) is 36.4 Å². The average Bonchev–Trinajstić information content (AvgIpc) is 3.05. The topological polar surface area (TPSA) is 38.8 Å². The predicted molar refractivity (Wildman–Crippen MR) is 85.1 cm³/mol. The zero-order valence-electron chi connectivity index (χ0n) is 13.0. The quantitative estimate of drug-likeness (QED) is 0.785. The maximum Gasteiger partial charge on any atom is 0.223 e. The Morgan fingerprint density at radius 2 is 2.14 bits per heavy atom. The van der Waals surface area contributed by atoms with E-state index >= 15 is 0 Å². The van der Waals surface area contributed by atoms with Crippen LogP contribution in [0.2, 0.25) is 0 Å². The standard InChI is InChI=1S/C18H23NO3/c1-2-19(18(20)11-14-7-3-4-8-14)12-15-13-21-16-9-5-6-10-17(16)22-15/h3,5-7,9-10,14-15H,2,4,8,11-13H2,1H3. The second kappa shape index (κ2) is 6.86. The second-order valence-corrected chi connectivity index (χ2v) is 5.90. The van der Waals surface area contributed by atoms with Gasteiger partial charge >= 0.3 is 0 Å². The average molecular weight is 301 g/mol. The Kier molecular flexibility index (Phi) is 4.66. The summed E-state index contributed by atoms with van der Waals surface area (Å²) in [6.07, 6.45) is 7.04. The Morgan fingerprint density at radius 1 is 1.32 bits per heavy atom. The Labute approximate surface area is 131 Å². The van der Waals surface area contributed by atoms with Crippen molar-refractivity contribution in [1.82, 2.24) is 4.90 Å². The minimum Gasteiger partial charge on any atom is -0.486 e. The zero-order chi connectivity index (χ0) is 15.4. The molecular formula is C18H23NO3. The van der Waals surface area contributed by atoms with Gasteiger partial charge in [0, 0.05) is 13.0 Å². The number of hydrogen-bond acceptors (Lipinski definition) is 3. The van der Waals surface area contributed by atoms with E-state index in [1.807, 2.05) is 36.1 Å². The van der Waals surface area contributed by atoms with Crippen LogP contribution in [0.3, 0.4) is 0 Å². The summed E-state index contributed by atoms with van der Waals surface area (Å²) in [5.41, 5.74) is 0. The van der Waals surface area contributed by atoms with Crippen molar-refractivity contribution in [2.24, 2.45) is 5.92 Å². The molecule has 4 nitrogen and oxygen atoms in total. The number of benzene rings is 1. The Morgan fingerprint density at radius 3 is 2.86 bits per heavy atom. The van der Waals surface area contributed by atoms with Gasteiger partial charge in [0.05, 0.1) is 6.54 Å². The van der Waals surface area contributed by atoms with Crippen LogP contribution in [0.25, 0.3) is 0 Å². The number of likely N-dealkylation sites (N-methyl/N-ethyl adjacent to an activating group) is 1. The lowest BCUT2D eigenvalue weighted by molar-refractivity contribution is -0.133. The first-order valence-electron chi connectivity index (χ1n) is 8.09. The van der Waals surface area contributed by atoms with E-state index in [4.69, 9.17) is 9.47 Å². The maximum absolute atomic E-state index is 12.4. The van der Waals surface area contributed by atoms with E-state index in [0.29, 0.717) is 32.0 Å². The smallest absolute Gasteiger partial charge is 0.223 e. The number of carbonyl (C=O) groups is 1. The van der Waals surface area contributed by atoms with Crippen LogP contribution in [-0.4, -0.2) is 36.6 Å². The molecule has 1 aliphatic heterocycles. The lowest BCUT2D eigenvalue weighted by Gasteiger charge is -2.31. The summed E-state index contributed by atoms with van der Waals surface area (Å²) in [7, 11) is 0. The first-order chi connectivity index (χ1) is 10.8. The number of para-hydroxylation sites is 2. The molecule has 2 aliphatic rings. The summed E-state index contributed by atoms with van der Waals surface area (Å²) in [6, 6.07) is 7.67. The van der Waals surface area contributed by atoms with Crippen molar-refractivity contribution < 1.29 is 14.3 Å². The summed E-state index contributed by atoms with van der Waals surface area (Å²) < 4.78 is 11.7. The highest BCUT2D eigenvalue weighted by Gasteiger charge is 2.25. The van der Waals surface area contributed by atoms with Crippen molar-refractivity contribution in [1.29, 1.82) is 0 Å². The molecule has 0 fully saturated rings. The van der Waals surface area contributed by atoms with Gasteiger partial charge in [-0.15, -0.1) is 0 Å². The van der Waals surface area contributed by atoms with E-state index in [-0.39, 0.29) is 12.0 Å². The molecule has 22 heavy (non-hydrogen) atoms. The fraction of sp³-hybridized carbons (Fsp3) is 0.500. The van der Waals surface area contributed by atoms with E-state index in [1.165, 1.54) is 0 Å². The molecule has 0 saturated carbocycles. The van der Waals surface area contributed by atoms with Gasteiger partial charge in [0.1, 0.15) is 6.61 Å². The van der Waals surface area contributed by atoms with E-state index in [2.05, 4.69) is 12.2 Å². The molecule has 1 aromatic carbocycles. The van der Waals surface area contributed by atoms with Crippen LogP contribution in [-0.2, 0) is 4.79 Å². The minimum absolute atomic E-state index is 0.0991. The van der Waals surface area contributed by atoms with Crippen LogP contribution in [0, 0.1) is 5.92 Å². The van der Waals surface area contributed by atoms with Gasteiger partial charge in [-0.05, 0) is 37.8 Å². The van der Waals surface area contributed by atoms with Crippen molar-refractivity contribution in [3.63, 3.8) is 0 Å². The van der Waals surface area contributed by atoms with E-state index in [1.54, 1.807) is 0 Å². The van der Waals surface area contributed by atoms with Gasteiger partial charge in [-0.25, -0.2) is 0 Å². The third-order valence-corrected chi connectivity index (χ3v) is 4.28. The van der Waals surface area contributed by atoms with Crippen LogP contribution in [0.4, 0.5) is 0 Å². The van der Waals surface area contributed by atoms with Gasteiger partial charge in [0.2, 0.25) is 5.91 Å². The van der Waals surface area contributed by atoms with Crippen LogP contribution >= 0.6 is 0 Å². The van der Waals surface area contributed by atoms with Gasteiger partial charge in [-0.2, -0.15) is 0 Å². The van der Waals surface area contributed by atoms with Crippen molar-refractivity contribution >= 4 is 5.91 Å². The maximum atomic E-state index is 12.4. The molecule has 1 aromatic rings. The summed E-state index contributed by atoms with van der Waals surface area (Å²) in [5.74, 6) is 2.16. The summed E-state index contributed by atoms with van der Waals surface area (Å²) in [4.78, 5) is 14.3. The molecule has 3 rings (SSSR count). The van der Waals surface area contributed by atoms with Gasteiger partial charge in [0.25, 0.3) is 0 Å². The molecule has 4 heteroatoms. The molecule has 0 spiro atoms. The third kappa shape index (κ3) is 3.43. The number of allylic oxidation sites excluding steroid dienone is 2.